The van der Waals surface area contributed by atoms with Gasteiger partial charge in [0.2, 0.25) is 0 Å². The summed E-state index contributed by atoms with van der Waals surface area (Å²) >= 11 is 0. The van der Waals surface area contributed by atoms with E-state index < -0.39 is 22.1 Å². The maximum atomic E-state index is 12.5. The summed E-state index contributed by atoms with van der Waals surface area (Å²) in [5.41, 5.74) is 1.68. The first-order chi connectivity index (χ1) is 11.9. The first kappa shape index (κ1) is 16.4. The maximum absolute atomic E-state index is 12.5. The molecule has 0 saturated carbocycles. The van der Waals surface area contributed by atoms with E-state index in [2.05, 4.69) is 14.8 Å². The molecule has 1 fully saturated rings. The summed E-state index contributed by atoms with van der Waals surface area (Å²) in [6.07, 6.45) is 5.54. The van der Waals surface area contributed by atoms with E-state index >= 15 is 0 Å². The van der Waals surface area contributed by atoms with E-state index in [4.69, 9.17) is 4.74 Å². The van der Waals surface area contributed by atoms with Crippen LogP contribution in [0.2, 0.25) is 0 Å². The zero-order chi connectivity index (χ0) is 17.6. The van der Waals surface area contributed by atoms with Gasteiger partial charge in [0.05, 0.1) is 37.3 Å². The first-order valence-corrected chi connectivity index (χ1v) is 9.62. The zero-order valence-electron chi connectivity index (χ0n) is 13.8. The lowest BCUT2D eigenvalue weighted by molar-refractivity contribution is 0.181. The van der Waals surface area contributed by atoms with Crippen molar-refractivity contribution < 1.29 is 13.2 Å². The molecule has 4 rings (SSSR count). The summed E-state index contributed by atoms with van der Waals surface area (Å²) in [5.74, 6) is 0. The van der Waals surface area contributed by atoms with Crippen LogP contribution < -0.4 is 10.3 Å². The Morgan fingerprint density at radius 2 is 2.16 bits per heavy atom. The van der Waals surface area contributed by atoms with Crippen molar-refractivity contribution in [1.29, 1.82) is 0 Å². The summed E-state index contributed by atoms with van der Waals surface area (Å²) in [6, 6.07) is 0.561. The van der Waals surface area contributed by atoms with E-state index in [1.807, 2.05) is 0 Å². The van der Waals surface area contributed by atoms with Crippen molar-refractivity contribution in [1.82, 2.24) is 24.1 Å². The molecule has 0 spiro atoms. The van der Waals surface area contributed by atoms with Crippen LogP contribution in [0.5, 0.6) is 0 Å². The number of hydrogen-bond acceptors (Lipinski definition) is 6. The van der Waals surface area contributed by atoms with E-state index in [1.165, 1.54) is 17.2 Å². The Morgan fingerprint density at radius 1 is 1.32 bits per heavy atom. The molecule has 1 saturated heterocycles. The molecular weight excluding hydrogens is 346 g/mol. The predicted octanol–water partition coefficient (Wildman–Crippen LogP) is -0.616. The highest BCUT2D eigenvalue weighted by atomic mass is 32.2. The van der Waals surface area contributed by atoms with Crippen LogP contribution in [0.15, 0.2) is 28.4 Å². The Labute approximate surface area is 144 Å². The smallest absolute Gasteiger partial charge is 0.267 e. The summed E-state index contributed by atoms with van der Waals surface area (Å²) < 4.78 is 36.0. The lowest BCUT2D eigenvalue weighted by atomic mass is 10.2. The van der Waals surface area contributed by atoms with Crippen LogP contribution in [-0.2, 0) is 34.6 Å². The van der Waals surface area contributed by atoms with E-state index in [0.29, 0.717) is 0 Å². The number of sulfonamides is 1. The molecule has 0 amide bonds. The van der Waals surface area contributed by atoms with E-state index in [0.717, 1.165) is 30.5 Å². The van der Waals surface area contributed by atoms with Gasteiger partial charge in [-0.25, -0.2) is 22.8 Å². The van der Waals surface area contributed by atoms with Gasteiger partial charge in [0.1, 0.15) is 0 Å². The van der Waals surface area contributed by atoms with Crippen molar-refractivity contribution in [2.24, 2.45) is 7.05 Å². The highest BCUT2D eigenvalue weighted by molar-refractivity contribution is 7.89. The minimum atomic E-state index is -3.79. The number of hydrogen-bond donors (Lipinski definition) is 1. The van der Waals surface area contributed by atoms with Gasteiger partial charge in [0.15, 0.2) is 5.03 Å². The lowest BCUT2D eigenvalue weighted by Gasteiger charge is -2.20. The van der Waals surface area contributed by atoms with Gasteiger partial charge in [-0.05, 0) is 24.8 Å². The van der Waals surface area contributed by atoms with Crippen molar-refractivity contribution in [2.45, 2.75) is 36.4 Å². The third-order valence-corrected chi connectivity index (χ3v) is 5.98. The molecule has 1 aliphatic heterocycles. The zero-order valence-corrected chi connectivity index (χ0v) is 14.6. The molecule has 2 aromatic heterocycles. The van der Waals surface area contributed by atoms with E-state index in [1.54, 1.807) is 17.7 Å². The molecule has 25 heavy (non-hydrogen) atoms. The Bertz CT molecular complexity index is 965. The van der Waals surface area contributed by atoms with Crippen LogP contribution >= 0.6 is 0 Å². The quantitative estimate of drug-likeness (QED) is 0.774. The van der Waals surface area contributed by atoms with E-state index in [9.17, 15) is 13.2 Å². The second-order valence-corrected chi connectivity index (χ2v) is 8.12. The second-order valence-electron chi connectivity index (χ2n) is 6.46. The third-order valence-electron chi connectivity index (χ3n) is 4.61. The number of nitrogens with one attached hydrogen (secondary N) is 1. The number of imidazole rings is 1. The predicted molar refractivity (Wildman–Crippen MR) is 87.7 cm³/mol. The van der Waals surface area contributed by atoms with Crippen LogP contribution in [0.25, 0.3) is 0 Å². The topological polar surface area (TPSA) is 108 Å². The molecule has 0 bridgehead atoms. The van der Waals surface area contributed by atoms with Gasteiger partial charge in [-0.15, -0.1) is 0 Å². The Morgan fingerprint density at radius 3 is 2.92 bits per heavy atom. The molecule has 2 atom stereocenters. The minimum Gasteiger partial charge on any atom is -0.377 e. The largest absolute Gasteiger partial charge is 0.377 e. The van der Waals surface area contributed by atoms with Gasteiger partial charge in [-0.2, -0.15) is 5.10 Å². The number of nitrogens with zero attached hydrogens (tertiary/aromatic N) is 4. The van der Waals surface area contributed by atoms with Crippen molar-refractivity contribution in [2.75, 3.05) is 13.2 Å². The lowest BCUT2D eigenvalue weighted by Crippen LogP contribution is -2.44. The Kier molecular flexibility index (Phi) is 3.97. The number of aromatic nitrogens is 4. The first-order valence-electron chi connectivity index (χ1n) is 8.14. The highest BCUT2D eigenvalue weighted by Crippen LogP contribution is 2.22. The molecule has 0 aromatic carbocycles. The molecule has 9 nitrogen and oxygen atoms in total. The van der Waals surface area contributed by atoms with Gasteiger partial charge in [0, 0.05) is 19.3 Å². The SMILES string of the molecule is Cn1cnc(S(=O)(=O)NC2COCC2n2nc3c(cc2=O)CCC3)c1. The monoisotopic (exact) mass is 365 g/mol. The average molecular weight is 365 g/mol. The third kappa shape index (κ3) is 3.00. The van der Waals surface area contributed by atoms with Crippen LogP contribution in [0.1, 0.15) is 23.7 Å². The van der Waals surface area contributed by atoms with Crippen LogP contribution in [-0.4, -0.2) is 47.0 Å². The number of aryl methyl sites for hydroxylation is 3. The number of ether oxygens (including phenoxy) is 1. The van der Waals surface area contributed by atoms with Gasteiger partial charge in [0.25, 0.3) is 15.6 Å². The van der Waals surface area contributed by atoms with Gasteiger partial charge in [-0.3, -0.25) is 4.79 Å². The Balaban J connectivity index is 1.62. The molecule has 10 heteroatoms. The second kappa shape index (κ2) is 6.04. The van der Waals surface area contributed by atoms with Gasteiger partial charge in [-0.1, -0.05) is 0 Å². The van der Waals surface area contributed by atoms with Crippen molar-refractivity contribution >= 4 is 10.0 Å². The fourth-order valence-corrected chi connectivity index (χ4v) is 4.57. The summed E-state index contributed by atoms with van der Waals surface area (Å²) in [5, 5.41) is 4.40. The van der Waals surface area contributed by atoms with E-state index in [-0.39, 0.29) is 23.8 Å². The Hall–Kier alpha value is -2.04. The van der Waals surface area contributed by atoms with Crippen LogP contribution in [0, 0.1) is 0 Å². The summed E-state index contributed by atoms with van der Waals surface area (Å²) in [7, 11) is -2.10. The van der Waals surface area contributed by atoms with Crippen molar-refractivity contribution in [3.05, 3.63) is 40.2 Å². The number of rotatable bonds is 4. The summed E-state index contributed by atoms with van der Waals surface area (Å²) in [6.45, 7) is 0.420. The fraction of sp³-hybridized carbons (Fsp3) is 0.533. The van der Waals surface area contributed by atoms with Crippen molar-refractivity contribution in [3.8, 4) is 0 Å². The molecule has 2 unspecified atom stereocenters. The molecule has 2 aliphatic rings. The molecule has 0 radical (unpaired) electrons. The standard InChI is InChI=1S/C15H19N5O4S/c1-19-6-14(16-9-19)25(22,23)18-12-7-24-8-13(12)20-15(21)5-10-3-2-4-11(10)17-20/h5-6,9,12-13,18H,2-4,7-8H2,1H3. The molecule has 134 valence electrons. The maximum Gasteiger partial charge on any atom is 0.267 e. The number of fused-ring (bicyclic) bond motifs is 1. The normalized spacial score (nSPS) is 23.1. The molecule has 1 aliphatic carbocycles. The minimum absolute atomic E-state index is 0.0603. The highest BCUT2D eigenvalue weighted by Gasteiger charge is 2.36. The van der Waals surface area contributed by atoms with Gasteiger partial charge < -0.3 is 9.30 Å². The summed E-state index contributed by atoms with van der Waals surface area (Å²) in [4.78, 5) is 16.3. The molecule has 2 aromatic rings. The molecular formula is C15H19N5O4S. The average Bonchev–Trinajstić information content (AvgIpc) is 3.27. The van der Waals surface area contributed by atoms with Crippen LogP contribution in [0.3, 0.4) is 0 Å². The van der Waals surface area contributed by atoms with Crippen LogP contribution in [0.4, 0.5) is 0 Å². The molecule has 1 N–H and O–H groups in total. The van der Waals surface area contributed by atoms with Crippen molar-refractivity contribution in [3.63, 3.8) is 0 Å². The fourth-order valence-electron chi connectivity index (χ4n) is 3.34. The van der Waals surface area contributed by atoms with Gasteiger partial charge >= 0.3 is 0 Å². The molecule has 3 heterocycles.